The zero-order chi connectivity index (χ0) is 14.8. The van der Waals surface area contributed by atoms with Crippen LogP contribution in [0.25, 0.3) is 0 Å². The number of amides is 2. The highest BCUT2D eigenvalue weighted by Crippen LogP contribution is 2.33. The molecule has 0 radical (unpaired) electrons. The second kappa shape index (κ2) is 9.03. The molecule has 112 valence electrons. The third-order valence-corrected chi connectivity index (χ3v) is 2.62. The fraction of sp³-hybridized carbons (Fsp3) is 0.500. The van der Waals surface area contributed by atoms with Gasteiger partial charge in [0.1, 0.15) is 17.2 Å². The SMILES string of the molecule is CCOCCCNC(=O)Nc1c(OC)cccc1OC. The predicted octanol–water partition coefficient (Wildman–Crippen LogP) is 2.25. The van der Waals surface area contributed by atoms with E-state index in [2.05, 4.69) is 10.6 Å². The summed E-state index contributed by atoms with van der Waals surface area (Å²) in [4.78, 5) is 11.8. The normalized spacial score (nSPS) is 9.95. The van der Waals surface area contributed by atoms with E-state index in [4.69, 9.17) is 14.2 Å². The van der Waals surface area contributed by atoms with Gasteiger partial charge < -0.3 is 24.8 Å². The van der Waals surface area contributed by atoms with Crippen molar-refractivity contribution in [1.82, 2.24) is 5.32 Å². The van der Waals surface area contributed by atoms with Gasteiger partial charge in [-0.15, -0.1) is 0 Å². The topological polar surface area (TPSA) is 68.8 Å². The molecule has 0 fully saturated rings. The minimum absolute atomic E-state index is 0.302. The number of hydrogen-bond acceptors (Lipinski definition) is 4. The summed E-state index contributed by atoms with van der Waals surface area (Å²) >= 11 is 0. The van der Waals surface area contributed by atoms with Crippen LogP contribution in [0.4, 0.5) is 10.5 Å². The van der Waals surface area contributed by atoms with E-state index in [-0.39, 0.29) is 6.03 Å². The molecule has 0 aromatic heterocycles. The third-order valence-electron chi connectivity index (χ3n) is 2.62. The highest BCUT2D eigenvalue weighted by atomic mass is 16.5. The molecule has 1 aromatic rings. The molecule has 0 saturated heterocycles. The second-order valence-corrected chi connectivity index (χ2v) is 3.97. The average Bonchev–Trinajstić information content (AvgIpc) is 2.47. The van der Waals surface area contributed by atoms with Gasteiger partial charge in [-0.25, -0.2) is 4.79 Å². The van der Waals surface area contributed by atoms with Crippen LogP contribution in [0.1, 0.15) is 13.3 Å². The Bertz CT molecular complexity index is 401. The number of methoxy groups -OCH3 is 2. The minimum Gasteiger partial charge on any atom is -0.494 e. The van der Waals surface area contributed by atoms with Crippen LogP contribution in [0.2, 0.25) is 0 Å². The van der Waals surface area contributed by atoms with E-state index < -0.39 is 0 Å². The Kier molecular flexibility index (Phi) is 7.27. The quantitative estimate of drug-likeness (QED) is 0.718. The summed E-state index contributed by atoms with van der Waals surface area (Å²) in [5, 5.41) is 5.48. The lowest BCUT2D eigenvalue weighted by atomic mass is 10.2. The van der Waals surface area contributed by atoms with Crippen LogP contribution in [0.3, 0.4) is 0 Å². The van der Waals surface area contributed by atoms with E-state index in [0.29, 0.717) is 36.9 Å². The van der Waals surface area contributed by atoms with Crippen LogP contribution < -0.4 is 20.1 Å². The Morgan fingerprint density at radius 1 is 1.20 bits per heavy atom. The van der Waals surface area contributed by atoms with Crippen molar-refractivity contribution < 1.29 is 19.0 Å². The number of para-hydroxylation sites is 1. The monoisotopic (exact) mass is 282 g/mol. The zero-order valence-corrected chi connectivity index (χ0v) is 12.2. The Labute approximate surface area is 119 Å². The number of ether oxygens (including phenoxy) is 3. The fourth-order valence-corrected chi connectivity index (χ4v) is 1.65. The summed E-state index contributed by atoms with van der Waals surface area (Å²) in [6.07, 6.45) is 0.768. The molecule has 0 aliphatic carbocycles. The number of urea groups is 1. The first-order valence-electron chi connectivity index (χ1n) is 6.56. The number of rotatable bonds is 8. The molecule has 2 amide bonds. The molecule has 0 heterocycles. The summed E-state index contributed by atoms with van der Waals surface area (Å²) in [6.45, 7) is 3.80. The molecule has 0 aliphatic rings. The number of carbonyl (C=O) groups is 1. The number of carbonyl (C=O) groups excluding carboxylic acids is 1. The summed E-state index contributed by atoms with van der Waals surface area (Å²) < 4.78 is 15.6. The van der Waals surface area contributed by atoms with Gasteiger partial charge in [-0.3, -0.25) is 0 Å². The number of hydrogen-bond donors (Lipinski definition) is 2. The molecule has 0 atom stereocenters. The molecule has 1 rings (SSSR count). The highest BCUT2D eigenvalue weighted by Gasteiger charge is 2.12. The van der Waals surface area contributed by atoms with Crippen molar-refractivity contribution in [2.45, 2.75) is 13.3 Å². The van der Waals surface area contributed by atoms with Crippen LogP contribution >= 0.6 is 0 Å². The summed E-state index contributed by atoms with van der Waals surface area (Å²) in [7, 11) is 3.08. The van der Waals surface area contributed by atoms with Gasteiger partial charge in [-0.2, -0.15) is 0 Å². The maximum Gasteiger partial charge on any atom is 0.319 e. The van der Waals surface area contributed by atoms with E-state index in [1.807, 2.05) is 6.92 Å². The fourth-order valence-electron chi connectivity index (χ4n) is 1.65. The lowest BCUT2D eigenvalue weighted by Gasteiger charge is -2.14. The average molecular weight is 282 g/mol. The Morgan fingerprint density at radius 2 is 1.85 bits per heavy atom. The number of anilines is 1. The number of benzene rings is 1. The van der Waals surface area contributed by atoms with Crippen LogP contribution in [0, 0.1) is 0 Å². The standard InChI is InChI=1S/C14H22N2O4/c1-4-20-10-6-9-15-14(17)16-13-11(18-2)7-5-8-12(13)19-3/h5,7-8H,4,6,9-10H2,1-3H3,(H2,15,16,17). The smallest absolute Gasteiger partial charge is 0.319 e. The van der Waals surface area contributed by atoms with Crippen molar-refractivity contribution in [2.75, 3.05) is 39.3 Å². The maximum atomic E-state index is 11.8. The first kappa shape index (κ1) is 16.1. The molecule has 2 N–H and O–H groups in total. The van der Waals surface area contributed by atoms with Crippen molar-refractivity contribution >= 4 is 11.7 Å². The van der Waals surface area contributed by atoms with Crippen LogP contribution in [-0.2, 0) is 4.74 Å². The van der Waals surface area contributed by atoms with Gasteiger partial charge in [-0.05, 0) is 25.5 Å². The van der Waals surface area contributed by atoms with E-state index in [1.54, 1.807) is 32.4 Å². The molecule has 1 aromatic carbocycles. The van der Waals surface area contributed by atoms with Gasteiger partial charge in [0, 0.05) is 19.8 Å². The van der Waals surface area contributed by atoms with Gasteiger partial charge in [0.15, 0.2) is 0 Å². The first-order valence-corrected chi connectivity index (χ1v) is 6.56. The lowest BCUT2D eigenvalue weighted by Crippen LogP contribution is -2.30. The van der Waals surface area contributed by atoms with E-state index >= 15 is 0 Å². The maximum absolute atomic E-state index is 11.8. The van der Waals surface area contributed by atoms with E-state index in [9.17, 15) is 4.79 Å². The van der Waals surface area contributed by atoms with Crippen molar-refractivity contribution in [3.8, 4) is 11.5 Å². The molecule has 0 aliphatic heterocycles. The zero-order valence-electron chi connectivity index (χ0n) is 12.2. The molecule has 0 spiro atoms. The van der Waals surface area contributed by atoms with Crippen molar-refractivity contribution in [3.05, 3.63) is 18.2 Å². The Balaban J connectivity index is 2.52. The molecule has 6 heteroatoms. The Morgan fingerprint density at radius 3 is 2.40 bits per heavy atom. The third kappa shape index (κ3) is 4.97. The summed E-state index contributed by atoms with van der Waals surface area (Å²) in [5.41, 5.74) is 0.514. The van der Waals surface area contributed by atoms with Gasteiger partial charge in [-0.1, -0.05) is 6.07 Å². The number of nitrogens with one attached hydrogen (secondary N) is 2. The molecule has 0 bridgehead atoms. The predicted molar refractivity (Wildman–Crippen MR) is 77.7 cm³/mol. The van der Waals surface area contributed by atoms with Crippen molar-refractivity contribution in [2.24, 2.45) is 0 Å². The van der Waals surface area contributed by atoms with Gasteiger partial charge in [0.25, 0.3) is 0 Å². The van der Waals surface area contributed by atoms with Gasteiger partial charge in [0.05, 0.1) is 14.2 Å². The minimum atomic E-state index is -0.302. The molecule has 6 nitrogen and oxygen atoms in total. The highest BCUT2D eigenvalue weighted by molar-refractivity contribution is 5.92. The lowest BCUT2D eigenvalue weighted by molar-refractivity contribution is 0.145. The van der Waals surface area contributed by atoms with E-state index in [1.165, 1.54) is 0 Å². The van der Waals surface area contributed by atoms with Crippen LogP contribution in [0.15, 0.2) is 18.2 Å². The van der Waals surface area contributed by atoms with Crippen LogP contribution in [-0.4, -0.2) is 40.0 Å². The van der Waals surface area contributed by atoms with Crippen molar-refractivity contribution in [1.29, 1.82) is 0 Å². The summed E-state index contributed by atoms with van der Waals surface area (Å²) in [5.74, 6) is 1.10. The largest absolute Gasteiger partial charge is 0.494 e. The molecular weight excluding hydrogens is 260 g/mol. The molecule has 20 heavy (non-hydrogen) atoms. The Hall–Kier alpha value is -1.95. The van der Waals surface area contributed by atoms with Gasteiger partial charge >= 0.3 is 6.03 Å². The van der Waals surface area contributed by atoms with Crippen LogP contribution in [0.5, 0.6) is 11.5 Å². The van der Waals surface area contributed by atoms with E-state index in [0.717, 1.165) is 6.42 Å². The van der Waals surface area contributed by atoms with Gasteiger partial charge in [0.2, 0.25) is 0 Å². The van der Waals surface area contributed by atoms with Crippen molar-refractivity contribution in [3.63, 3.8) is 0 Å². The second-order valence-electron chi connectivity index (χ2n) is 3.97. The first-order chi connectivity index (χ1) is 9.72. The molecular formula is C14H22N2O4. The molecule has 0 unspecified atom stereocenters. The summed E-state index contributed by atoms with van der Waals surface area (Å²) in [6, 6.07) is 5.01. The molecule has 0 saturated carbocycles.